The van der Waals surface area contributed by atoms with Crippen LogP contribution >= 0.6 is 0 Å². The van der Waals surface area contributed by atoms with Crippen LogP contribution in [-0.4, -0.2) is 15.9 Å². The third kappa shape index (κ3) is 3.68. The molecule has 2 aromatic rings. The van der Waals surface area contributed by atoms with E-state index in [9.17, 15) is 9.00 Å². The Labute approximate surface area is 120 Å². The van der Waals surface area contributed by atoms with Crippen LogP contribution in [0.15, 0.2) is 53.4 Å². The summed E-state index contributed by atoms with van der Waals surface area (Å²) in [5.74, 6) is -0.342. The number of carbonyl (C=O) groups excluding carboxylic acids is 1. The average molecular weight is 288 g/mol. The largest absolute Gasteiger partial charge is 0.399 e. The second kappa shape index (κ2) is 6.34. The Kier molecular flexibility index (Phi) is 4.53. The first-order chi connectivity index (χ1) is 9.56. The molecule has 4 nitrogen and oxygen atoms in total. The monoisotopic (exact) mass is 288 g/mol. The van der Waals surface area contributed by atoms with Gasteiger partial charge < -0.3 is 11.1 Å². The van der Waals surface area contributed by atoms with Gasteiger partial charge in [-0.25, -0.2) is 0 Å². The number of hydrogen-bond donors (Lipinski definition) is 2. The summed E-state index contributed by atoms with van der Waals surface area (Å²) in [6.45, 7) is 1.83. The molecule has 0 aliphatic heterocycles. The molecule has 104 valence electrons. The quantitative estimate of drug-likeness (QED) is 0.848. The molecule has 0 bridgehead atoms. The van der Waals surface area contributed by atoms with Gasteiger partial charge in [-0.1, -0.05) is 18.2 Å². The van der Waals surface area contributed by atoms with Crippen LogP contribution in [0.3, 0.4) is 0 Å². The second-order valence-electron chi connectivity index (χ2n) is 4.43. The summed E-state index contributed by atoms with van der Waals surface area (Å²) in [5, 5.41) is 2.72. The number of carbonyl (C=O) groups is 1. The van der Waals surface area contributed by atoms with Gasteiger partial charge in [0.15, 0.2) is 0 Å². The summed E-state index contributed by atoms with van der Waals surface area (Å²) < 4.78 is 12.2. The van der Waals surface area contributed by atoms with Gasteiger partial charge in [0.25, 0.3) is 0 Å². The molecule has 0 radical (unpaired) electrons. The van der Waals surface area contributed by atoms with E-state index in [4.69, 9.17) is 5.73 Å². The minimum absolute atomic E-state index is 0.0698. The number of para-hydroxylation sites is 1. The molecule has 5 heteroatoms. The van der Waals surface area contributed by atoms with Crippen molar-refractivity contribution in [2.75, 3.05) is 16.8 Å². The van der Waals surface area contributed by atoms with Crippen molar-refractivity contribution < 1.29 is 9.00 Å². The molecule has 20 heavy (non-hydrogen) atoms. The van der Waals surface area contributed by atoms with Crippen molar-refractivity contribution in [2.24, 2.45) is 0 Å². The molecule has 1 unspecified atom stereocenters. The number of amides is 1. The number of benzene rings is 2. The van der Waals surface area contributed by atoms with Crippen LogP contribution < -0.4 is 11.1 Å². The number of hydrogen-bond acceptors (Lipinski definition) is 3. The smallest absolute Gasteiger partial charge is 0.237 e. The number of nitrogens with two attached hydrogens (primary N) is 1. The number of rotatable bonds is 4. The molecule has 0 aliphatic carbocycles. The Morgan fingerprint density at radius 3 is 2.55 bits per heavy atom. The molecular weight excluding hydrogens is 272 g/mol. The highest BCUT2D eigenvalue weighted by atomic mass is 32.2. The van der Waals surface area contributed by atoms with Crippen molar-refractivity contribution in [2.45, 2.75) is 11.8 Å². The van der Waals surface area contributed by atoms with Crippen molar-refractivity contribution in [1.82, 2.24) is 0 Å². The Bertz CT molecular complexity index is 642. The molecule has 1 atom stereocenters. The lowest BCUT2D eigenvalue weighted by Gasteiger charge is -2.08. The van der Waals surface area contributed by atoms with Gasteiger partial charge in [-0.3, -0.25) is 9.00 Å². The zero-order valence-corrected chi connectivity index (χ0v) is 11.9. The van der Waals surface area contributed by atoms with Gasteiger partial charge in [-0.2, -0.15) is 0 Å². The van der Waals surface area contributed by atoms with Gasteiger partial charge in [0, 0.05) is 16.3 Å². The highest BCUT2D eigenvalue weighted by Crippen LogP contribution is 2.16. The predicted octanol–water partition coefficient (Wildman–Crippen LogP) is 2.32. The topological polar surface area (TPSA) is 72.2 Å². The fraction of sp³-hybridized carbons (Fsp3) is 0.133. The normalized spacial score (nSPS) is 11.8. The van der Waals surface area contributed by atoms with E-state index >= 15 is 0 Å². The Balaban J connectivity index is 2.02. The van der Waals surface area contributed by atoms with Crippen molar-refractivity contribution in [3.8, 4) is 0 Å². The van der Waals surface area contributed by atoms with Gasteiger partial charge in [-0.05, 0) is 42.8 Å². The first-order valence-corrected chi connectivity index (χ1v) is 7.47. The molecule has 1 amide bonds. The Morgan fingerprint density at radius 2 is 1.90 bits per heavy atom. The fourth-order valence-corrected chi connectivity index (χ4v) is 2.95. The number of anilines is 2. The molecule has 0 heterocycles. The summed E-state index contributed by atoms with van der Waals surface area (Å²) in [7, 11) is -1.37. The Morgan fingerprint density at radius 1 is 1.20 bits per heavy atom. The van der Waals surface area contributed by atoms with Crippen LogP contribution in [0, 0.1) is 6.92 Å². The van der Waals surface area contributed by atoms with Gasteiger partial charge in [-0.15, -0.1) is 0 Å². The van der Waals surface area contributed by atoms with Crippen LogP contribution in [0.25, 0.3) is 0 Å². The van der Waals surface area contributed by atoms with Crippen LogP contribution in [0.4, 0.5) is 11.4 Å². The lowest BCUT2D eigenvalue weighted by atomic mass is 10.2. The van der Waals surface area contributed by atoms with Gasteiger partial charge in [0.2, 0.25) is 5.91 Å². The maximum atomic E-state index is 12.2. The van der Waals surface area contributed by atoms with Gasteiger partial charge in [0.1, 0.15) is 5.75 Å². The first-order valence-electron chi connectivity index (χ1n) is 6.15. The number of nitrogen functional groups attached to an aromatic ring is 1. The fourth-order valence-electron chi connectivity index (χ4n) is 1.84. The van der Waals surface area contributed by atoms with E-state index in [1.54, 1.807) is 30.3 Å². The molecule has 0 fully saturated rings. The van der Waals surface area contributed by atoms with Crippen LogP contribution in [0.2, 0.25) is 0 Å². The first kappa shape index (κ1) is 14.3. The van der Waals surface area contributed by atoms with E-state index in [1.165, 1.54) is 0 Å². The van der Waals surface area contributed by atoms with E-state index < -0.39 is 10.8 Å². The number of aryl methyl sites for hydroxylation is 1. The van der Waals surface area contributed by atoms with Gasteiger partial charge in [0.05, 0.1) is 10.8 Å². The predicted molar refractivity (Wildman–Crippen MR) is 81.9 cm³/mol. The summed E-state index contributed by atoms with van der Waals surface area (Å²) in [5.41, 5.74) is 7.80. The average Bonchev–Trinajstić information content (AvgIpc) is 2.39. The summed E-state index contributed by atoms with van der Waals surface area (Å²) in [4.78, 5) is 12.5. The third-order valence-electron chi connectivity index (χ3n) is 2.76. The summed E-state index contributed by atoms with van der Waals surface area (Å²) >= 11 is 0. The molecular formula is C15H16N2O2S. The molecule has 0 saturated heterocycles. The number of nitrogens with one attached hydrogen (secondary N) is 1. The minimum atomic E-state index is -1.37. The van der Waals surface area contributed by atoms with E-state index in [0.717, 1.165) is 5.56 Å². The molecule has 2 aromatic carbocycles. The second-order valence-corrected chi connectivity index (χ2v) is 5.85. The van der Waals surface area contributed by atoms with Crippen molar-refractivity contribution in [1.29, 1.82) is 0 Å². The minimum Gasteiger partial charge on any atom is -0.399 e. The van der Waals surface area contributed by atoms with Crippen LogP contribution in [0.5, 0.6) is 0 Å². The SMILES string of the molecule is Cc1cc(N)ccc1S(=O)CC(=O)Nc1ccccc1. The lowest BCUT2D eigenvalue weighted by molar-refractivity contribution is -0.113. The van der Waals surface area contributed by atoms with E-state index in [2.05, 4.69) is 5.32 Å². The van der Waals surface area contributed by atoms with E-state index in [-0.39, 0.29) is 11.7 Å². The molecule has 2 rings (SSSR count). The molecule has 0 spiro atoms. The maximum absolute atomic E-state index is 12.2. The summed E-state index contributed by atoms with van der Waals surface area (Å²) in [6, 6.07) is 14.2. The zero-order valence-electron chi connectivity index (χ0n) is 11.1. The standard InChI is InChI=1S/C15H16N2O2S/c1-11-9-12(16)7-8-14(11)20(19)10-15(18)17-13-5-3-2-4-6-13/h2-9H,10,16H2,1H3,(H,17,18). The Hall–Kier alpha value is -2.14. The van der Waals surface area contributed by atoms with Crippen molar-refractivity contribution in [3.63, 3.8) is 0 Å². The van der Waals surface area contributed by atoms with Crippen molar-refractivity contribution in [3.05, 3.63) is 54.1 Å². The molecule has 0 aromatic heterocycles. The van der Waals surface area contributed by atoms with Crippen LogP contribution in [0.1, 0.15) is 5.56 Å². The molecule has 3 N–H and O–H groups in total. The van der Waals surface area contributed by atoms with E-state index in [0.29, 0.717) is 16.3 Å². The van der Waals surface area contributed by atoms with Crippen LogP contribution in [-0.2, 0) is 15.6 Å². The molecule has 0 aliphatic rings. The highest BCUT2D eigenvalue weighted by Gasteiger charge is 2.12. The maximum Gasteiger partial charge on any atom is 0.237 e. The molecule has 0 saturated carbocycles. The lowest BCUT2D eigenvalue weighted by Crippen LogP contribution is -2.19. The van der Waals surface area contributed by atoms with Crippen molar-refractivity contribution >= 4 is 28.1 Å². The highest BCUT2D eigenvalue weighted by molar-refractivity contribution is 7.85. The van der Waals surface area contributed by atoms with E-state index in [1.807, 2.05) is 25.1 Å². The third-order valence-corrected chi connectivity index (χ3v) is 4.24. The van der Waals surface area contributed by atoms with Gasteiger partial charge >= 0.3 is 0 Å². The summed E-state index contributed by atoms with van der Waals surface area (Å²) in [6.07, 6.45) is 0. The zero-order chi connectivity index (χ0) is 14.5.